The van der Waals surface area contributed by atoms with Gasteiger partial charge in [0.1, 0.15) is 23.9 Å². The van der Waals surface area contributed by atoms with Gasteiger partial charge in [-0.25, -0.2) is 4.79 Å². The maximum Gasteiger partial charge on any atom is 0.329 e. The standard InChI is InChI=1S/C17H19N3O5/c1-17(7-21)8-25-14-9(17)3-4-10-13(14)19(2)16(24)20(10)11-5-6-12(22)18-15(11)23/h3-4,11,21H,5-8H2,1-2H3,(H,18,22,23). The molecule has 2 unspecified atom stereocenters. The number of piperidine rings is 1. The predicted molar refractivity (Wildman–Crippen MR) is 88.5 cm³/mol. The fourth-order valence-corrected chi connectivity index (χ4v) is 3.73. The lowest BCUT2D eigenvalue weighted by Crippen LogP contribution is -2.44. The first kappa shape index (κ1) is 15.9. The quantitative estimate of drug-likeness (QED) is 0.744. The van der Waals surface area contributed by atoms with Crippen LogP contribution in [-0.4, -0.2) is 39.3 Å². The number of aliphatic hydroxyl groups excluding tert-OH is 1. The third-order valence-electron chi connectivity index (χ3n) is 5.25. The molecule has 2 N–H and O–H groups in total. The Labute approximate surface area is 143 Å². The molecule has 0 bridgehead atoms. The number of nitrogens with zero attached hydrogens (tertiary/aromatic N) is 2. The third kappa shape index (κ3) is 2.07. The van der Waals surface area contributed by atoms with E-state index in [0.717, 1.165) is 5.56 Å². The van der Waals surface area contributed by atoms with Crippen LogP contribution in [0, 0.1) is 0 Å². The molecule has 1 saturated heterocycles. The van der Waals surface area contributed by atoms with E-state index in [4.69, 9.17) is 4.74 Å². The van der Waals surface area contributed by atoms with Crippen molar-refractivity contribution in [3.63, 3.8) is 0 Å². The molecule has 25 heavy (non-hydrogen) atoms. The number of nitrogens with one attached hydrogen (secondary N) is 1. The van der Waals surface area contributed by atoms with Gasteiger partial charge in [0.25, 0.3) is 0 Å². The van der Waals surface area contributed by atoms with Gasteiger partial charge in [0.05, 0.1) is 17.5 Å². The van der Waals surface area contributed by atoms with E-state index in [9.17, 15) is 19.5 Å². The van der Waals surface area contributed by atoms with Crippen LogP contribution in [0.5, 0.6) is 5.75 Å². The minimum atomic E-state index is -0.724. The summed E-state index contributed by atoms with van der Waals surface area (Å²) in [6, 6.07) is 2.89. The molecule has 0 saturated carbocycles. The second kappa shape index (κ2) is 5.19. The van der Waals surface area contributed by atoms with Gasteiger partial charge in [-0.1, -0.05) is 6.07 Å². The highest BCUT2D eigenvalue weighted by molar-refractivity contribution is 6.00. The number of imidazole rings is 1. The number of hydrogen-bond acceptors (Lipinski definition) is 5. The first-order valence-electron chi connectivity index (χ1n) is 8.19. The Morgan fingerprint density at radius 3 is 2.80 bits per heavy atom. The summed E-state index contributed by atoms with van der Waals surface area (Å²) in [5, 5.41) is 12.0. The Balaban J connectivity index is 1.95. The number of carbonyl (C=O) groups is 2. The number of amides is 2. The molecule has 0 spiro atoms. The lowest BCUT2D eigenvalue weighted by molar-refractivity contribution is -0.135. The van der Waals surface area contributed by atoms with Crippen molar-refractivity contribution < 1.29 is 19.4 Å². The summed E-state index contributed by atoms with van der Waals surface area (Å²) in [5.41, 5.74) is 1.18. The Kier molecular flexibility index (Phi) is 3.30. The minimum absolute atomic E-state index is 0.0622. The SMILES string of the molecule is Cn1c(=O)n(C2CCC(=O)NC2=O)c2ccc3c(c21)OCC3(C)CO. The lowest BCUT2D eigenvalue weighted by Gasteiger charge is -2.22. The van der Waals surface area contributed by atoms with E-state index >= 15 is 0 Å². The van der Waals surface area contributed by atoms with Crippen LogP contribution < -0.4 is 15.7 Å². The molecule has 0 radical (unpaired) electrons. The number of aromatic nitrogens is 2. The van der Waals surface area contributed by atoms with Crippen molar-refractivity contribution in [2.75, 3.05) is 13.2 Å². The zero-order valence-corrected chi connectivity index (χ0v) is 14.0. The Morgan fingerprint density at radius 2 is 2.12 bits per heavy atom. The Bertz CT molecular complexity index is 973. The average Bonchev–Trinajstić information content (AvgIpc) is 3.05. The van der Waals surface area contributed by atoms with Crippen LogP contribution in [0.3, 0.4) is 0 Å². The number of aliphatic hydroxyl groups is 1. The second-order valence-electron chi connectivity index (χ2n) is 7.00. The highest BCUT2D eigenvalue weighted by atomic mass is 16.5. The highest BCUT2D eigenvalue weighted by Crippen LogP contribution is 2.43. The molecule has 1 fully saturated rings. The number of fused-ring (bicyclic) bond motifs is 3. The fraction of sp³-hybridized carbons (Fsp3) is 0.471. The summed E-state index contributed by atoms with van der Waals surface area (Å²) < 4.78 is 8.70. The van der Waals surface area contributed by atoms with Gasteiger partial charge < -0.3 is 9.84 Å². The predicted octanol–water partition coefficient (Wildman–Crippen LogP) is -0.0399. The minimum Gasteiger partial charge on any atom is -0.490 e. The number of benzene rings is 1. The molecular formula is C17H19N3O5. The van der Waals surface area contributed by atoms with E-state index in [-0.39, 0.29) is 31.0 Å². The largest absolute Gasteiger partial charge is 0.490 e. The van der Waals surface area contributed by atoms with E-state index in [1.54, 1.807) is 13.1 Å². The van der Waals surface area contributed by atoms with Gasteiger partial charge in [-0.2, -0.15) is 0 Å². The summed E-state index contributed by atoms with van der Waals surface area (Å²) in [6.07, 6.45) is 0.485. The molecule has 4 rings (SSSR count). The first-order valence-corrected chi connectivity index (χ1v) is 8.19. The van der Waals surface area contributed by atoms with Gasteiger partial charge in [0, 0.05) is 19.0 Å². The number of rotatable bonds is 2. The average molecular weight is 345 g/mol. The molecule has 2 aromatic rings. The van der Waals surface area contributed by atoms with Crippen molar-refractivity contribution in [2.45, 2.75) is 31.2 Å². The molecule has 8 nitrogen and oxygen atoms in total. The van der Waals surface area contributed by atoms with E-state index in [1.807, 2.05) is 13.0 Å². The molecule has 132 valence electrons. The Hall–Kier alpha value is -2.61. The monoisotopic (exact) mass is 345 g/mol. The first-order chi connectivity index (χ1) is 11.9. The number of ether oxygens (including phenoxy) is 1. The summed E-state index contributed by atoms with van der Waals surface area (Å²) in [6.45, 7) is 2.17. The fourth-order valence-electron chi connectivity index (χ4n) is 3.73. The summed E-state index contributed by atoms with van der Waals surface area (Å²) >= 11 is 0. The van der Waals surface area contributed by atoms with E-state index < -0.39 is 17.4 Å². The summed E-state index contributed by atoms with van der Waals surface area (Å²) in [5.74, 6) is -0.218. The molecule has 3 heterocycles. The molecule has 2 amide bonds. The van der Waals surface area contributed by atoms with Crippen molar-refractivity contribution in [1.29, 1.82) is 0 Å². The molecule has 2 aliphatic rings. The summed E-state index contributed by atoms with van der Waals surface area (Å²) in [7, 11) is 1.63. The van der Waals surface area contributed by atoms with Crippen molar-refractivity contribution in [3.8, 4) is 5.75 Å². The molecule has 0 aliphatic carbocycles. The third-order valence-corrected chi connectivity index (χ3v) is 5.25. The molecular weight excluding hydrogens is 326 g/mol. The van der Waals surface area contributed by atoms with Crippen LogP contribution in [-0.2, 0) is 22.1 Å². The maximum atomic E-state index is 12.8. The van der Waals surface area contributed by atoms with Gasteiger partial charge in [0.2, 0.25) is 11.8 Å². The van der Waals surface area contributed by atoms with Crippen LogP contribution >= 0.6 is 0 Å². The zero-order chi connectivity index (χ0) is 17.9. The van der Waals surface area contributed by atoms with E-state index in [0.29, 0.717) is 23.4 Å². The molecule has 8 heteroatoms. The number of imide groups is 1. The van der Waals surface area contributed by atoms with Crippen molar-refractivity contribution >= 4 is 22.8 Å². The topological polar surface area (TPSA) is 103 Å². The lowest BCUT2D eigenvalue weighted by atomic mass is 9.85. The summed E-state index contributed by atoms with van der Waals surface area (Å²) in [4.78, 5) is 36.4. The van der Waals surface area contributed by atoms with Crippen LogP contribution in [0.1, 0.15) is 31.4 Å². The molecule has 2 atom stereocenters. The Morgan fingerprint density at radius 1 is 1.36 bits per heavy atom. The van der Waals surface area contributed by atoms with Crippen LogP contribution in [0.15, 0.2) is 16.9 Å². The maximum absolute atomic E-state index is 12.8. The van der Waals surface area contributed by atoms with Gasteiger partial charge in [-0.3, -0.25) is 24.0 Å². The van der Waals surface area contributed by atoms with Gasteiger partial charge in [0.15, 0.2) is 0 Å². The van der Waals surface area contributed by atoms with Gasteiger partial charge in [-0.05, 0) is 19.4 Å². The van der Waals surface area contributed by atoms with Crippen LogP contribution in [0.25, 0.3) is 11.0 Å². The van der Waals surface area contributed by atoms with E-state index in [2.05, 4.69) is 5.32 Å². The van der Waals surface area contributed by atoms with Crippen molar-refractivity contribution in [2.24, 2.45) is 7.05 Å². The molecule has 2 aliphatic heterocycles. The number of aryl methyl sites for hydroxylation is 1. The van der Waals surface area contributed by atoms with Crippen molar-refractivity contribution in [3.05, 3.63) is 28.2 Å². The van der Waals surface area contributed by atoms with Gasteiger partial charge >= 0.3 is 5.69 Å². The number of carbonyl (C=O) groups excluding carboxylic acids is 2. The van der Waals surface area contributed by atoms with Gasteiger partial charge in [-0.15, -0.1) is 0 Å². The normalized spacial score (nSPS) is 25.8. The zero-order valence-electron chi connectivity index (χ0n) is 14.0. The molecule has 1 aromatic heterocycles. The van der Waals surface area contributed by atoms with Crippen molar-refractivity contribution in [1.82, 2.24) is 14.5 Å². The highest BCUT2D eigenvalue weighted by Gasteiger charge is 2.39. The van der Waals surface area contributed by atoms with E-state index in [1.165, 1.54) is 9.13 Å². The number of hydrogen-bond donors (Lipinski definition) is 2. The van der Waals surface area contributed by atoms with Crippen LogP contribution in [0.2, 0.25) is 0 Å². The second-order valence-corrected chi connectivity index (χ2v) is 7.00. The molecule has 1 aromatic carbocycles. The van der Waals surface area contributed by atoms with Crippen LogP contribution in [0.4, 0.5) is 0 Å². The smallest absolute Gasteiger partial charge is 0.329 e.